The van der Waals surface area contributed by atoms with E-state index < -0.39 is 0 Å². The highest BCUT2D eigenvalue weighted by Crippen LogP contribution is 2.37. The lowest BCUT2D eigenvalue weighted by Gasteiger charge is -2.13. The number of hydrogen-bond acceptors (Lipinski definition) is 8. The maximum absolute atomic E-state index is 5.78. The number of anilines is 2. The Labute approximate surface area is 136 Å². The van der Waals surface area contributed by atoms with Crippen molar-refractivity contribution in [2.75, 3.05) is 24.7 Å². The average Bonchev–Trinajstić information content (AvgIpc) is 2.88. The van der Waals surface area contributed by atoms with Crippen LogP contribution in [0.3, 0.4) is 0 Å². The van der Waals surface area contributed by atoms with E-state index in [2.05, 4.69) is 26.0 Å². The average molecular weight is 332 g/mol. The molecule has 3 aromatic rings. The van der Waals surface area contributed by atoms with Gasteiger partial charge in [-0.25, -0.2) is 4.98 Å². The van der Waals surface area contributed by atoms with E-state index in [1.54, 1.807) is 23.1 Å². The highest BCUT2D eigenvalue weighted by atomic mass is 32.2. The zero-order chi connectivity index (χ0) is 15.7. The van der Waals surface area contributed by atoms with Crippen molar-refractivity contribution in [3.05, 3.63) is 30.1 Å². The number of rotatable bonds is 4. The molecule has 8 heteroatoms. The molecule has 0 saturated heterocycles. The van der Waals surface area contributed by atoms with Gasteiger partial charge in [-0.15, -0.1) is 11.3 Å². The van der Waals surface area contributed by atoms with Gasteiger partial charge in [0.05, 0.1) is 15.5 Å². The normalized spacial score (nSPS) is 12.5. The SMILES string of the molecule is C[C@@H](Sc1nc2ccccc2s1)c1nc(N)nc(N(C)C)n1. The third-order valence-corrected chi connectivity index (χ3v) is 5.20. The smallest absolute Gasteiger partial charge is 0.229 e. The number of aromatic nitrogens is 4. The number of nitrogens with two attached hydrogens (primary N) is 1. The molecule has 2 aromatic heterocycles. The van der Waals surface area contributed by atoms with Crippen LogP contribution in [-0.2, 0) is 0 Å². The Balaban J connectivity index is 1.86. The fourth-order valence-corrected chi connectivity index (χ4v) is 4.14. The molecule has 0 saturated carbocycles. The Hall–Kier alpha value is -1.93. The third-order valence-electron chi connectivity index (χ3n) is 2.97. The first-order valence-corrected chi connectivity index (χ1v) is 8.43. The van der Waals surface area contributed by atoms with Gasteiger partial charge in [-0.1, -0.05) is 23.9 Å². The van der Waals surface area contributed by atoms with Gasteiger partial charge < -0.3 is 10.6 Å². The van der Waals surface area contributed by atoms with Crippen molar-refractivity contribution in [3.8, 4) is 0 Å². The Morgan fingerprint density at radius 1 is 1.14 bits per heavy atom. The summed E-state index contributed by atoms with van der Waals surface area (Å²) < 4.78 is 2.18. The monoisotopic (exact) mass is 332 g/mol. The summed E-state index contributed by atoms with van der Waals surface area (Å²) in [6.45, 7) is 2.05. The minimum atomic E-state index is 0.0459. The fourth-order valence-electron chi connectivity index (χ4n) is 1.88. The van der Waals surface area contributed by atoms with Crippen LogP contribution in [0.1, 0.15) is 18.0 Å². The van der Waals surface area contributed by atoms with E-state index in [4.69, 9.17) is 5.73 Å². The lowest BCUT2D eigenvalue weighted by Crippen LogP contribution is -2.16. The molecule has 0 aliphatic carbocycles. The van der Waals surface area contributed by atoms with E-state index >= 15 is 0 Å². The minimum absolute atomic E-state index is 0.0459. The predicted octanol–water partition coefficient (Wildman–Crippen LogP) is 2.98. The van der Waals surface area contributed by atoms with Crippen LogP contribution in [0.5, 0.6) is 0 Å². The van der Waals surface area contributed by atoms with Crippen molar-refractivity contribution in [2.24, 2.45) is 0 Å². The maximum Gasteiger partial charge on any atom is 0.229 e. The topological polar surface area (TPSA) is 80.8 Å². The van der Waals surface area contributed by atoms with Gasteiger partial charge in [-0.05, 0) is 19.1 Å². The maximum atomic E-state index is 5.78. The number of thiazole rings is 1. The number of nitrogens with zero attached hydrogens (tertiary/aromatic N) is 5. The molecule has 0 radical (unpaired) electrons. The molecule has 0 bridgehead atoms. The number of nitrogen functional groups attached to an aromatic ring is 1. The first-order chi connectivity index (χ1) is 10.5. The number of benzene rings is 1. The van der Waals surface area contributed by atoms with Gasteiger partial charge in [0.15, 0.2) is 4.34 Å². The molecule has 0 amide bonds. The molecule has 0 spiro atoms. The van der Waals surface area contributed by atoms with E-state index in [0.717, 1.165) is 9.86 Å². The summed E-state index contributed by atoms with van der Waals surface area (Å²) in [6.07, 6.45) is 0. The first-order valence-electron chi connectivity index (χ1n) is 6.74. The van der Waals surface area contributed by atoms with Crippen LogP contribution in [0.4, 0.5) is 11.9 Å². The Kier molecular flexibility index (Phi) is 4.12. The van der Waals surface area contributed by atoms with Crippen LogP contribution in [0.15, 0.2) is 28.6 Å². The molecule has 0 aliphatic rings. The van der Waals surface area contributed by atoms with E-state index in [0.29, 0.717) is 11.8 Å². The summed E-state index contributed by atoms with van der Waals surface area (Å²) >= 11 is 3.31. The molecule has 3 rings (SSSR count). The van der Waals surface area contributed by atoms with Gasteiger partial charge in [0, 0.05) is 14.1 Å². The quantitative estimate of drug-likeness (QED) is 0.736. The highest BCUT2D eigenvalue weighted by molar-refractivity contribution is 8.01. The second-order valence-corrected chi connectivity index (χ2v) is 7.57. The summed E-state index contributed by atoms with van der Waals surface area (Å²) in [7, 11) is 3.76. The molecule has 6 nitrogen and oxygen atoms in total. The van der Waals surface area contributed by atoms with E-state index in [9.17, 15) is 0 Å². The number of hydrogen-bond donors (Lipinski definition) is 1. The Morgan fingerprint density at radius 3 is 2.64 bits per heavy atom. The van der Waals surface area contributed by atoms with Crippen molar-refractivity contribution < 1.29 is 0 Å². The summed E-state index contributed by atoms with van der Waals surface area (Å²) in [6, 6.07) is 8.11. The zero-order valence-corrected chi connectivity index (χ0v) is 14.1. The highest BCUT2D eigenvalue weighted by Gasteiger charge is 2.16. The fraction of sp³-hybridized carbons (Fsp3) is 0.286. The molecule has 1 atom stereocenters. The molecule has 0 unspecified atom stereocenters. The van der Waals surface area contributed by atoms with Crippen LogP contribution >= 0.6 is 23.1 Å². The Bertz CT molecular complexity index is 768. The molecular weight excluding hydrogens is 316 g/mol. The summed E-state index contributed by atoms with van der Waals surface area (Å²) in [5.74, 6) is 1.48. The minimum Gasteiger partial charge on any atom is -0.368 e. The summed E-state index contributed by atoms with van der Waals surface area (Å²) in [5.41, 5.74) is 6.80. The van der Waals surface area contributed by atoms with Crippen LogP contribution in [0.2, 0.25) is 0 Å². The van der Waals surface area contributed by atoms with Crippen molar-refractivity contribution in [3.63, 3.8) is 0 Å². The lowest BCUT2D eigenvalue weighted by molar-refractivity contribution is 0.864. The largest absolute Gasteiger partial charge is 0.368 e. The lowest BCUT2D eigenvalue weighted by atomic mass is 10.3. The van der Waals surface area contributed by atoms with Gasteiger partial charge in [0.1, 0.15) is 5.82 Å². The second kappa shape index (κ2) is 6.05. The van der Waals surface area contributed by atoms with Crippen LogP contribution in [-0.4, -0.2) is 34.0 Å². The molecule has 2 N–H and O–H groups in total. The number of thioether (sulfide) groups is 1. The van der Waals surface area contributed by atoms with Crippen molar-refractivity contribution >= 4 is 45.2 Å². The molecule has 0 aliphatic heterocycles. The van der Waals surface area contributed by atoms with Crippen molar-refractivity contribution in [2.45, 2.75) is 16.5 Å². The van der Waals surface area contributed by atoms with Gasteiger partial charge in [0.25, 0.3) is 0 Å². The van der Waals surface area contributed by atoms with E-state index in [1.807, 2.05) is 44.1 Å². The van der Waals surface area contributed by atoms with Gasteiger partial charge in [-0.2, -0.15) is 15.0 Å². The van der Waals surface area contributed by atoms with Gasteiger partial charge in [0.2, 0.25) is 11.9 Å². The Morgan fingerprint density at radius 2 is 1.91 bits per heavy atom. The molecule has 2 heterocycles. The van der Waals surface area contributed by atoms with Gasteiger partial charge in [-0.3, -0.25) is 0 Å². The zero-order valence-electron chi connectivity index (χ0n) is 12.5. The van der Waals surface area contributed by atoms with Crippen molar-refractivity contribution in [1.82, 2.24) is 19.9 Å². The third kappa shape index (κ3) is 3.12. The molecular formula is C14H16N6S2. The van der Waals surface area contributed by atoms with E-state index in [1.165, 1.54) is 4.70 Å². The standard InChI is InChI=1S/C14H16N6S2/c1-8(11-17-12(15)19-13(18-11)20(2)3)21-14-16-9-6-4-5-7-10(9)22-14/h4-8H,1-3H3,(H2,15,17,18,19)/t8-/m1/s1. The van der Waals surface area contributed by atoms with Crippen molar-refractivity contribution in [1.29, 1.82) is 0 Å². The molecule has 1 aromatic carbocycles. The number of para-hydroxylation sites is 1. The van der Waals surface area contributed by atoms with Crippen LogP contribution in [0.25, 0.3) is 10.2 Å². The van der Waals surface area contributed by atoms with Crippen LogP contribution < -0.4 is 10.6 Å². The molecule has 22 heavy (non-hydrogen) atoms. The number of fused-ring (bicyclic) bond motifs is 1. The molecule has 114 valence electrons. The van der Waals surface area contributed by atoms with Gasteiger partial charge >= 0.3 is 0 Å². The van der Waals surface area contributed by atoms with Crippen LogP contribution in [0, 0.1) is 0 Å². The van der Waals surface area contributed by atoms with E-state index in [-0.39, 0.29) is 11.2 Å². The molecule has 0 fully saturated rings. The predicted molar refractivity (Wildman–Crippen MR) is 92.5 cm³/mol. The first kappa shape index (κ1) is 15.0. The summed E-state index contributed by atoms with van der Waals surface area (Å²) in [5, 5.41) is 0.0459. The summed E-state index contributed by atoms with van der Waals surface area (Å²) in [4.78, 5) is 19.3. The second-order valence-electron chi connectivity index (χ2n) is 4.95.